The van der Waals surface area contributed by atoms with Crippen LogP contribution in [0.1, 0.15) is 25.3 Å². The first-order valence-electron chi connectivity index (χ1n) is 9.62. The van der Waals surface area contributed by atoms with Gasteiger partial charge in [-0.05, 0) is 41.5 Å². The Morgan fingerprint density at radius 1 is 1.07 bits per heavy atom. The molecule has 7 heteroatoms. The van der Waals surface area contributed by atoms with E-state index in [4.69, 9.17) is 32.7 Å². The van der Waals surface area contributed by atoms with Gasteiger partial charge in [-0.25, -0.2) is 5.43 Å². The molecule has 0 aliphatic carbocycles. The van der Waals surface area contributed by atoms with Crippen molar-refractivity contribution in [2.45, 2.75) is 19.8 Å². The lowest BCUT2D eigenvalue weighted by Gasteiger charge is -2.11. The molecule has 0 heterocycles. The summed E-state index contributed by atoms with van der Waals surface area (Å²) < 4.78 is 11.3. The second-order valence-electron chi connectivity index (χ2n) is 6.56. The Balaban J connectivity index is 1.68. The van der Waals surface area contributed by atoms with Crippen molar-refractivity contribution in [2.75, 3.05) is 13.2 Å². The third kappa shape index (κ3) is 5.88. The van der Waals surface area contributed by atoms with Gasteiger partial charge in [0.25, 0.3) is 5.91 Å². The van der Waals surface area contributed by atoms with Crippen molar-refractivity contribution in [1.82, 2.24) is 5.43 Å². The Labute approximate surface area is 185 Å². The molecule has 30 heavy (non-hydrogen) atoms. The number of unbranched alkanes of at least 4 members (excludes halogenated alkanes) is 1. The molecule has 0 aromatic heterocycles. The van der Waals surface area contributed by atoms with Gasteiger partial charge in [-0.2, -0.15) is 5.10 Å². The largest absolute Gasteiger partial charge is 0.493 e. The summed E-state index contributed by atoms with van der Waals surface area (Å²) in [5, 5.41) is 6.98. The van der Waals surface area contributed by atoms with Crippen LogP contribution in [0.5, 0.6) is 11.5 Å². The first-order chi connectivity index (χ1) is 14.6. The normalized spacial score (nSPS) is 11.0. The van der Waals surface area contributed by atoms with Crippen LogP contribution < -0.4 is 14.9 Å². The molecule has 0 bridgehead atoms. The number of rotatable bonds is 9. The number of nitrogens with zero attached hydrogens (tertiary/aromatic N) is 1. The van der Waals surface area contributed by atoms with Crippen molar-refractivity contribution < 1.29 is 14.3 Å². The lowest BCUT2D eigenvalue weighted by atomic mass is 10.0. The maximum Gasteiger partial charge on any atom is 0.277 e. The summed E-state index contributed by atoms with van der Waals surface area (Å²) in [7, 11) is 0. The van der Waals surface area contributed by atoms with E-state index in [0.29, 0.717) is 22.4 Å². The smallest absolute Gasteiger partial charge is 0.277 e. The average Bonchev–Trinajstić information content (AvgIpc) is 2.74. The molecule has 5 nitrogen and oxygen atoms in total. The Bertz CT molecular complexity index is 1050. The molecule has 0 atom stereocenters. The summed E-state index contributed by atoms with van der Waals surface area (Å²) in [4.78, 5) is 12.1. The van der Waals surface area contributed by atoms with E-state index in [1.165, 1.54) is 0 Å². The highest BCUT2D eigenvalue weighted by atomic mass is 35.5. The van der Waals surface area contributed by atoms with Crippen LogP contribution in [0.3, 0.4) is 0 Å². The molecule has 0 saturated heterocycles. The first kappa shape index (κ1) is 21.9. The Morgan fingerprint density at radius 2 is 1.87 bits per heavy atom. The van der Waals surface area contributed by atoms with Crippen LogP contribution in [-0.4, -0.2) is 25.3 Å². The standard InChI is InChI=1S/C23H22Cl2N2O3/c1-2-3-12-29-21-10-8-16-6-4-5-7-18(16)19(21)14-26-27-23(28)15-30-22-11-9-17(24)13-20(22)25/h4-11,13-14H,2-3,12,15H2,1H3,(H,27,28)/b26-14+. The van der Waals surface area contributed by atoms with E-state index in [-0.39, 0.29) is 6.61 Å². The molecule has 0 unspecified atom stereocenters. The van der Waals surface area contributed by atoms with Gasteiger partial charge >= 0.3 is 0 Å². The van der Waals surface area contributed by atoms with Crippen molar-refractivity contribution in [1.29, 1.82) is 0 Å². The number of carbonyl (C=O) groups is 1. The molecule has 3 aromatic rings. The van der Waals surface area contributed by atoms with Crippen LogP contribution in [0.2, 0.25) is 10.0 Å². The van der Waals surface area contributed by atoms with Crippen LogP contribution >= 0.6 is 23.2 Å². The molecular weight excluding hydrogens is 423 g/mol. The lowest BCUT2D eigenvalue weighted by molar-refractivity contribution is -0.123. The maximum atomic E-state index is 12.1. The zero-order chi connectivity index (χ0) is 21.3. The zero-order valence-electron chi connectivity index (χ0n) is 16.5. The monoisotopic (exact) mass is 444 g/mol. The summed E-state index contributed by atoms with van der Waals surface area (Å²) in [5.41, 5.74) is 3.28. The number of hydrogen-bond donors (Lipinski definition) is 1. The zero-order valence-corrected chi connectivity index (χ0v) is 18.0. The first-order valence-corrected chi connectivity index (χ1v) is 10.4. The number of nitrogens with one attached hydrogen (secondary N) is 1. The van der Waals surface area contributed by atoms with E-state index in [2.05, 4.69) is 17.5 Å². The number of fused-ring (bicyclic) bond motifs is 1. The SMILES string of the molecule is CCCCOc1ccc2ccccc2c1/C=N/NC(=O)COc1ccc(Cl)cc1Cl. The van der Waals surface area contributed by atoms with E-state index in [0.717, 1.165) is 34.9 Å². The highest BCUT2D eigenvalue weighted by molar-refractivity contribution is 6.35. The molecule has 0 aliphatic heterocycles. The molecule has 1 N–H and O–H groups in total. The Morgan fingerprint density at radius 3 is 2.67 bits per heavy atom. The number of benzene rings is 3. The predicted octanol–water partition coefficient (Wildman–Crippen LogP) is 5.85. The Kier molecular flexibility index (Phi) is 7.94. The topological polar surface area (TPSA) is 59.9 Å². The third-order valence-electron chi connectivity index (χ3n) is 4.32. The summed E-state index contributed by atoms with van der Waals surface area (Å²) in [5.74, 6) is 0.691. The van der Waals surface area contributed by atoms with Gasteiger partial charge in [-0.1, -0.05) is 66.9 Å². The van der Waals surface area contributed by atoms with Crippen LogP contribution in [0, 0.1) is 0 Å². The second kappa shape index (κ2) is 10.9. The molecule has 0 aliphatic rings. The molecule has 0 spiro atoms. The fraction of sp³-hybridized carbons (Fsp3) is 0.217. The van der Waals surface area contributed by atoms with Crippen molar-refractivity contribution in [3.63, 3.8) is 0 Å². The fourth-order valence-corrected chi connectivity index (χ4v) is 3.26. The van der Waals surface area contributed by atoms with E-state index in [1.54, 1.807) is 24.4 Å². The van der Waals surface area contributed by atoms with Crippen LogP contribution in [0.25, 0.3) is 10.8 Å². The van der Waals surface area contributed by atoms with Crippen molar-refractivity contribution >= 4 is 46.1 Å². The average molecular weight is 445 g/mol. The molecule has 156 valence electrons. The van der Waals surface area contributed by atoms with Crippen LogP contribution in [-0.2, 0) is 4.79 Å². The number of ether oxygens (including phenoxy) is 2. The minimum atomic E-state index is -0.411. The van der Waals surface area contributed by atoms with Crippen LogP contribution in [0.4, 0.5) is 0 Å². The quantitative estimate of drug-likeness (QED) is 0.255. The van der Waals surface area contributed by atoms with E-state index in [9.17, 15) is 4.79 Å². The van der Waals surface area contributed by atoms with Crippen molar-refractivity contribution in [3.05, 3.63) is 70.2 Å². The fourth-order valence-electron chi connectivity index (χ4n) is 2.80. The molecule has 0 saturated carbocycles. The van der Waals surface area contributed by atoms with Gasteiger partial charge in [0.1, 0.15) is 11.5 Å². The molecule has 0 radical (unpaired) electrons. The van der Waals surface area contributed by atoms with Gasteiger partial charge in [-0.3, -0.25) is 4.79 Å². The third-order valence-corrected chi connectivity index (χ3v) is 4.85. The summed E-state index contributed by atoms with van der Waals surface area (Å²) >= 11 is 11.9. The molecule has 1 amide bonds. The maximum absolute atomic E-state index is 12.1. The highest BCUT2D eigenvalue weighted by Crippen LogP contribution is 2.28. The second-order valence-corrected chi connectivity index (χ2v) is 7.40. The number of amides is 1. The molecule has 0 fully saturated rings. The van der Waals surface area contributed by atoms with Gasteiger partial charge in [0.05, 0.1) is 17.8 Å². The van der Waals surface area contributed by atoms with E-state index >= 15 is 0 Å². The molecule has 3 rings (SSSR count). The van der Waals surface area contributed by atoms with Gasteiger partial charge in [0.15, 0.2) is 6.61 Å². The van der Waals surface area contributed by atoms with Gasteiger partial charge in [0, 0.05) is 10.6 Å². The minimum absolute atomic E-state index is 0.228. The van der Waals surface area contributed by atoms with E-state index < -0.39 is 5.91 Å². The summed E-state index contributed by atoms with van der Waals surface area (Å²) in [6.07, 6.45) is 3.60. The van der Waals surface area contributed by atoms with E-state index in [1.807, 2.05) is 36.4 Å². The van der Waals surface area contributed by atoms with Crippen molar-refractivity contribution in [3.8, 4) is 11.5 Å². The number of carbonyl (C=O) groups excluding carboxylic acids is 1. The lowest BCUT2D eigenvalue weighted by Crippen LogP contribution is -2.24. The number of halogens is 2. The molecule has 3 aromatic carbocycles. The van der Waals surface area contributed by atoms with Gasteiger partial charge in [0.2, 0.25) is 0 Å². The highest BCUT2D eigenvalue weighted by Gasteiger charge is 2.09. The predicted molar refractivity (Wildman–Crippen MR) is 122 cm³/mol. The summed E-state index contributed by atoms with van der Waals surface area (Å²) in [6.45, 7) is 2.51. The molecular formula is C23H22Cl2N2O3. The Hall–Kier alpha value is -2.76. The van der Waals surface area contributed by atoms with Crippen LogP contribution in [0.15, 0.2) is 59.7 Å². The summed E-state index contributed by atoms with van der Waals surface area (Å²) in [6, 6.07) is 16.7. The minimum Gasteiger partial charge on any atom is -0.493 e. The van der Waals surface area contributed by atoms with Gasteiger partial charge < -0.3 is 9.47 Å². The van der Waals surface area contributed by atoms with Crippen molar-refractivity contribution in [2.24, 2.45) is 5.10 Å². The number of hydrazone groups is 1. The van der Waals surface area contributed by atoms with Gasteiger partial charge in [-0.15, -0.1) is 0 Å². The number of hydrogen-bond acceptors (Lipinski definition) is 4.